The second-order valence-corrected chi connectivity index (χ2v) is 7.48. The highest BCUT2D eigenvalue weighted by Crippen LogP contribution is 2.32. The number of rotatable bonds is 6. The molecule has 3 aromatic rings. The van der Waals surface area contributed by atoms with Gasteiger partial charge in [0.05, 0.1) is 5.56 Å². The molecular formula is C22H22F3N3O. The number of aromatic nitrogens is 2. The third-order valence-electron chi connectivity index (χ3n) is 4.83. The summed E-state index contributed by atoms with van der Waals surface area (Å²) in [5.41, 5.74) is -0.121. The molecule has 29 heavy (non-hydrogen) atoms. The standard InChI is InChI=1S/C22H22F3N3O/c1-21(2,17-10-6-11-18(14-17)22(23,24)25)15-26-20(29)19(28-13-7-12-27-28)16-8-4-3-5-9-16/h3-14,19H,15H2,1-2H3,(H,26,29). The van der Waals surface area contributed by atoms with Crippen LogP contribution in [0.3, 0.4) is 0 Å². The van der Waals surface area contributed by atoms with E-state index in [1.54, 1.807) is 43.1 Å². The first-order chi connectivity index (χ1) is 13.7. The molecule has 0 aliphatic carbocycles. The fourth-order valence-electron chi connectivity index (χ4n) is 3.12. The molecule has 4 nitrogen and oxygen atoms in total. The van der Waals surface area contributed by atoms with Crippen molar-refractivity contribution in [3.8, 4) is 0 Å². The summed E-state index contributed by atoms with van der Waals surface area (Å²) in [5, 5.41) is 7.07. The van der Waals surface area contributed by atoms with Crippen molar-refractivity contribution >= 4 is 5.91 Å². The average molecular weight is 401 g/mol. The highest BCUT2D eigenvalue weighted by Gasteiger charge is 2.32. The molecule has 0 fully saturated rings. The topological polar surface area (TPSA) is 46.9 Å². The van der Waals surface area contributed by atoms with Crippen LogP contribution in [0.2, 0.25) is 0 Å². The summed E-state index contributed by atoms with van der Waals surface area (Å²) < 4.78 is 40.7. The van der Waals surface area contributed by atoms with Crippen LogP contribution < -0.4 is 5.32 Å². The molecule has 1 N–H and O–H groups in total. The summed E-state index contributed by atoms with van der Waals surface area (Å²) in [6, 6.07) is 15.5. The number of carbonyl (C=O) groups is 1. The molecule has 0 saturated carbocycles. The molecule has 7 heteroatoms. The van der Waals surface area contributed by atoms with Crippen molar-refractivity contribution in [2.24, 2.45) is 0 Å². The van der Waals surface area contributed by atoms with Crippen LogP contribution in [0, 0.1) is 0 Å². The van der Waals surface area contributed by atoms with Gasteiger partial charge in [0, 0.05) is 24.4 Å². The SMILES string of the molecule is CC(C)(CNC(=O)C(c1ccccc1)n1cccn1)c1cccc(C(F)(F)F)c1. The second-order valence-electron chi connectivity index (χ2n) is 7.48. The van der Waals surface area contributed by atoms with E-state index >= 15 is 0 Å². The minimum absolute atomic E-state index is 0.178. The maximum absolute atomic E-state index is 13.0. The molecular weight excluding hydrogens is 379 g/mol. The number of hydrogen-bond donors (Lipinski definition) is 1. The highest BCUT2D eigenvalue weighted by atomic mass is 19.4. The number of hydrogen-bond acceptors (Lipinski definition) is 2. The number of carbonyl (C=O) groups excluding carboxylic acids is 1. The van der Waals surface area contributed by atoms with Gasteiger partial charge in [0.2, 0.25) is 5.91 Å². The number of alkyl halides is 3. The Labute approximate surface area is 167 Å². The Morgan fingerprint density at radius 3 is 2.34 bits per heavy atom. The molecule has 152 valence electrons. The molecule has 0 spiro atoms. The third-order valence-corrected chi connectivity index (χ3v) is 4.83. The summed E-state index contributed by atoms with van der Waals surface area (Å²) >= 11 is 0. The van der Waals surface area contributed by atoms with Gasteiger partial charge in [-0.05, 0) is 23.3 Å². The highest BCUT2D eigenvalue weighted by molar-refractivity contribution is 5.83. The van der Waals surface area contributed by atoms with Crippen molar-refractivity contribution in [1.82, 2.24) is 15.1 Å². The summed E-state index contributed by atoms with van der Waals surface area (Å²) in [5.74, 6) is -0.278. The van der Waals surface area contributed by atoms with Gasteiger partial charge in [0.1, 0.15) is 0 Å². The molecule has 0 aliphatic heterocycles. The van der Waals surface area contributed by atoms with Gasteiger partial charge in [-0.1, -0.05) is 62.4 Å². The van der Waals surface area contributed by atoms with Gasteiger partial charge >= 0.3 is 6.18 Å². The molecule has 1 heterocycles. The molecule has 0 saturated heterocycles. The molecule has 3 rings (SSSR count). The summed E-state index contributed by atoms with van der Waals surface area (Å²) in [6.07, 6.45) is -1.11. The van der Waals surface area contributed by atoms with Crippen LogP contribution in [-0.4, -0.2) is 22.2 Å². The lowest BCUT2D eigenvalue weighted by Gasteiger charge is -2.28. The van der Waals surface area contributed by atoms with Crippen molar-refractivity contribution in [2.45, 2.75) is 31.5 Å². The summed E-state index contributed by atoms with van der Waals surface area (Å²) in [7, 11) is 0. The zero-order valence-electron chi connectivity index (χ0n) is 16.1. The molecule has 0 bridgehead atoms. The Balaban J connectivity index is 1.79. The Bertz CT molecular complexity index is 951. The predicted octanol–water partition coefficient (Wildman–Crippen LogP) is 4.59. The van der Waals surface area contributed by atoms with E-state index in [4.69, 9.17) is 0 Å². The van der Waals surface area contributed by atoms with E-state index in [0.717, 1.165) is 17.7 Å². The smallest absolute Gasteiger partial charge is 0.353 e. The van der Waals surface area contributed by atoms with Crippen molar-refractivity contribution in [1.29, 1.82) is 0 Å². The number of nitrogens with one attached hydrogen (secondary N) is 1. The maximum atomic E-state index is 13.0. The molecule has 1 aromatic heterocycles. The van der Waals surface area contributed by atoms with E-state index in [1.807, 2.05) is 30.3 Å². The van der Waals surface area contributed by atoms with Crippen LogP contribution >= 0.6 is 0 Å². The lowest BCUT2D eigenvalue weighted by atomic mass is 9.83. The maximum Gasteiger partial charge on any atom is 0.416 e. The fourth-order valence-corrected chi connectivity index (χ4v) is 3.12. The minimum Gasteiger partial charge on any atom is -0.353 e. The Morgan fingerprint density at radius 1 is 1.03 bits per heavy atom. The number of halogens is 3. The van der Waals surface area contributed by atoms with E-state index in [9.17, 15) is 18.0 Å². The first-order valence-corrected chi connectivity index (χ1v) is 9.18. The normalized spacial score (nSPS) is 13.1. The molecule has 1 amide bonds. The van der Waals surface area contributed by atoms with Gasteiger partial charge in [-0.25, -0.2) is 0 Å². The van der Waals surface area contributed by atoms with Crippen LogP contribution in [0.5, 0.6) is 0 Å². The largest absolute Gasteiger partial charge is 0.416 e. The monoisotopic (exact) mass is 401 g/mol. The number of benzene rings is 2. The van der Waals surface area contributed by atoms with Gasteiger partial charge < -0.3 is 5.32 Å². The molecule has 1 atom stereocenters. The quantitative estimate of drug-likeness (QED) is 0.657. The number of nitrogens with zero attached hydrogens (tertiary/aromatic N) is 2. The van der Waals surface area contributed by atoms with Crippen LogP contribution in [0.1, 0.15) is 36.6 Å². The minimum atomic E-state index is -4.41. The Hall–Kier alpha value is -3.09. The first kappa shape index (κ1) is 20.6. The van der Waals surface area contributed by atoms with E-state index < -0.39 is 23.2 Å². The third kappa shape index (κ3) is 4.85. The molecule has 2 aromatic carbocycles. The van der Waals surface area contributed by atoms with Crippen LogP contribution in [0.25, 0.3) is 0 Å². The van der Waals surface area contributed by atoms with E-state index in [-0.39, 0.29) is 12.5 Å². The molecule has 1 unspecified atom stereocenters. The van der Waals surface area contributed by atoms with Crippen molar-refractivity contribution in [3.05, 3.63) is 89.7 Å². The van der Waals surface area contributed by atoms with Gasteiger partial charge in [-0.15, -0.1) is 0 Å². The average Bonchev–Trinajstić information content (AvgIpc) is 3.21. The fraction of sp³-hybridized carbons (Fsp3) is 0.273. The summed E-state index contributed by atoms with van der Waals surface area (Å²) in [4.78, 5) is 13.0. The van der Waals surface area contributed by atoms with Gasteiger partial charge in [-0.2, -0.15) is 18.3 Å². The van der Waals surface area contributed by atoms with E-state index in [0.29, 0.717) is 5.56 Å². The van der Waals surface area contributed by atoms with Crippen molar-refractivity contribution in [3.63, 3.8) is 0 Å². The van der Waals surface area contributed by atoms with Crippen molar-refractivity contribution in [2.75, 3.05) is 6.54 Å². The summed E-state index contributed by atoms with van der Waals surface area (Å²) in [6.45, 7) is 3.78. The second kappa shape index (κ2) is 8.11. The predicted molar refractivity (Wildman–Crippen MR) is 104 cm³/mol. The van der Waals surface area contributed by atoms with Crippen LogP contribution in [0.4, 0.5) is 13.2 Å². The zero-order chi connectivity index (χ0) is 21.1. The lowest BCUT2D eigenvalue weighted by Crippen LogP contribution is -2.41. The molecule has 0 radical (unpaired) electrons. The van der Waals surface area contributed by atoms with Gasteiger partial charge in [-0.3, -0.25) is 9.48 Å². The lowest BCUT2D eigenvalue weighted by molar-refractivity contribution is -0.137. The Morgan fingerprint density at radius 2 is 1.72 bits per heavy atom. The number of amides is 1. The van der Waals surface area contributed by atoms with Gasteiger partial charge in [0.25, 0.3) is 0 Å². The van der Waals surface area contributed by atoms with Crippen molar-refractivity contribution < 1.29 is 18.0 Å². The van der Waals surface area contributed by atoms with Crippen LogP contribution in [0.15, 0.2) is 73.1 Å². The van der Waals surface area contributed by atoms with E-state index in [2.05, 4.69) is 10.4 Å². The molecule has 0 aliphatic rings. The zero-order valence-corrected chi connectivity index (χ0v) is 16.1. The first-order valence-electron chi connectivity index (χ1n) is 9.18. The van der Waals surface area contributed by atoms with Crippen LogP contribution in [-0.2, 0) is 16.4 Å². The Kier molecular flexibility index (Phi) is 5.77. The van der Waals surface area contributed by atoms with Gasteiger partial charge in [0.15, 0.2) is 6.04 Å². The van der Waals surface area contributed by atoms with E-state index in [1.165, 1.54) is 6.07 Å².